The molecule has 0 aromatic heterocycles. The third-order valence-electron chi connectivity index (χ3n) is 13.6. The molecule has 0 bridgehead atoms. The molecule has 5 aliphatic rings. The van der Waals surface area contributed by atoms with Crippen molar-refractivity contribution in [2.45, 2.75) is 125 Å². The van der Waals surface area contributed by atoms with Crippen LogP contribution >= 0.6 is 0 Å². The summed E-state index contributed by atoms with van der Waals surface area (Å²) in [5, 5.41) is 11.1. The zero-order valence-corrected chi connectivity index (χ0v) is 22.3. The van der Waals surface area contributed by atoms with E-state index in [0.29, 0.717) is 33.9 Å². The topological polar surface area (TPSA) is 37.3 Å². The fourth-order valence-corrected chi connectivity index (χ4v) is 11.9. The molecule has 2 nitrogen and oxygen atoms in total. The van der Waals surface area contributed by atoms with Crippen molar-refractivity contribution in [2.75, 3.05) is 0 Å². The lowest BCUT2D eigenvalue weighted by atomic mass is 9.33. The number of hydrogen-bond donors (Lipinski definition) is 1. The van der Waals surface area contributed by atoms with Gasteiger partial charge in [0.25, 0.3) is 0 Å². The van der Waals surface area contributed by atoms with E-state index in [4.69, 9.17) is 0 Å². The monoisotopic (exact) mass is 442 g/mol. The van der Waals surface area contributed by atoms with E-state index in [9.17, 15) is 9.90 Å². The maximum Gasteiger partial charge on any atom is 0.138 e. The van der Waals surface area contributed by atoms with Gasteiger partial charge in [-0.1, -0.05) is 41.5 Å². The minimum atomic E-state index is -0.573. The van der Waals surface area contributed by atoms with Gasteiger partial charge in [-0.15, -0.1) is 0 Å². The van der Waals surface area contributed by atoms with Gasteiger partial charge in [-0.25, -0.2) is 0 Å². The third kappa shape index (κ3) is 2.66. The molecule has 0 saturated heterocycles. The molecule has 0 aliphatic heterocycles. The SMILES string of the molecule is CC(C)(O)[C@H]1CC[C@H]2[C@]1(C)CC[C@]1(C)[C@H]3CC[C@@H]4C(C)(C)C(=O)CC[C@]4(C)[C@H]3CC[C@@]21C. The standard InChI is InChI=1S/C30H50O2/c1-25(2)21-10-9-20-19(27(21,5)15-14-24(25)31)13-16-30(8)23-12-11-22(26(3,4)32)28(23,6)17-18-29(20,30)7/h19-23,32H,9-18H2,1-8H3/t19-,20-,21+,22+,23-,27+,28+,29+,30-/m0/s1. The second-order valence-electron chi connectivity index (χ2n) is 15.2. The highest BCUT2D eigenvalue weighted by molar-refractivity contribution is 5.85. The number of ketones is 1. The first-order valence-corrected chi connectivity index (χ1v) is 13.9. The maximum atomic E-state index is 12.9. The summed E-state index contributed by atoms with van der Waals surface area (Å²) in [6.45, 7) is 19.1. The van der Waals surface area contributed by atoms with Crippen LogP contribution < -0.4 is 0 Å². The van der Waals surface area contributed by atoms with Gasteiger partial charge in [-0.05, 0) is 123 Å². The van der Waals surface area contributed by atoms with Gasteiger partial charge >= 0.3 is 0 Å². The number of carbonyl (C=O) groups is 1. The number of aliphatic hydroxyl groups is 1. The lowest BCUT2D eigenvalue weighted by Crippen LogP contribution is -2.65. The Labute approximate surface area is 197 Å². The van der Waals surface area contributed by atoms with E-state index < -0.39 is 5.60 Å². The van der Waals surface area contributed by atoms with E-state index in [2.05, 4.69) is 55.4 Å². The molecule has 0 radical (unpaired) electrons. The molecule has 0 spiro atoms. The van der Waals surface area contributed by atoms with Crippen molar-refractivity contribution < 1.29 is 9.90 Å². The van der Waals surface area contributed by atoms with Crippen molar-refractivity contribution in [1.29, 1.82) is 0 Å². The first-order chi connectivity index (χ1) is 14.6. The van der Waals surface area contributed by atoms with Crippen molar-refractivity contribution in [3.63, 3.8) is 0 Å². The summed E-state index contributed by atoms with van der Waals surface area (Å²) in [4.78, 5) is 12.9. The number of Topliss-reactive ketones (excluding diaryl/α,β-unsaturated/α-hetero) is 1. The minimum Gasteiger partial charge on any atom is -0.390 e. The van der Waals surface area contributed by atoms with Crippen LogP contribution in [0.2, 0.25) is 0 Å². The summed E-state index contributed by atoms with van der Waals surface area (Å²) in [5.41, 5.74) is 0.668. The van der Waals surface area contributed by atoms with E-state index >= 15 is 0 Å². The Morgan fingerprint density at radius 2 is 1.38 bits per heavy atom. The fraction of sp³-hybridized carbons (Fsp3) is 0.967. The highest BCUT2D eigenvalue weighted by atomic mass is 16.3. The second-order valence-corrected chi connectivity index (χ2v) is 15.2. The van der Waals surface area contributed by atoms with Gasteiger partial charge in [-0.2, -0.15) is 0 Å². The Kier molecular flexibility index (Phi) is 4.85. The Bertz CT molecular complexity index is 806. The van der Waals surface area contributed by atoms with Crippen molar-refractivity contribution in [2.24, 2.45) is 56.7 Å². The Hall–Kier alpha value is -0.370. The molecular formula is C30H50O2. The van der Waals surface area contributed by atoms with Gasteiger partial charge in [0.1, 0.15) is 5.78 Å². The van der Waals surface area contributed by atoms with E-state index in [1.807, 2.05) is 0 Å². The Balaban J connectivity index is 1.51. The van der Waals surface area contributed by atoms with Crippen LogP contribution in [0.5, 0.6) is 0 Å². The van der Waals surface area contributed by atoms with Gasteiger partial charge in [-0.3, -0.25) is 4.79 Å². The van der Waals surface area contributed by atoms with Crippen molar-refractivity contribution >= 4 is 5.78 Å². The third-order valence-corrected chi connectivity index (χ3v) is 13.6. The average molecular weight is 443 g/mol. The lowest BCUT2D eigenvalue weighted by molar-refractivity contribution is -0.229. The minimum absolute atomic E-state index is 0.143. The molecule has 1 N–H and O–H groups in total. The lowest BCUT2D eigenvalue weighted by Gasteiger charge is -2.71. The molecule has 5 rings (SSSR count). The zero-order valence-electron chi connectivity index (χ0n) is 22.3. The number of rotatable bonds is 1. The highest BCUT2D eigenvalue weighted by Crippen LogP contribution is 2.77. The van der Waals surface area contributed by atoms with Gasteiger partial charge in [0.2, 0.25) is 0 Å². The Morgan fingerprint density at radius 1 is 0.719 bits per heavy atom. The average Bonchev–Trinajstić information content (AvgIpc) is 3.05. The fourth-order valence-electron chi connectivity index (χ4n) is 11.9. The highest BCUT2D eigenvalue weighted by Gasteiger charge is 2.70. The summed E-state index contributed by atoms with van der Waals surface area (Å²) in [6, 6.07) is 0. The predicted octanol–water partition coefficient (Wildman–Crippen LogP) is 7.43. The van der Waals surface area contributed by atoms with Gasteiger partial charge in [0.05, 0.1) is 5.60 Å². The van der Waals surface area contributed by atoms with Crippen LogP contribution in [0.15, 0.2) is 0 Å². The van der Waals surface area contributed by atoms with Crippen LogP contribution in [-0.4, -0.2) is 16.5 Å². The molecule has 182 valence electrons. The summed E-state index contributed by atoms with van der Waals surface area (Å²) in [6.07, 6.45) is 12.3. The number of hydrogen-bond acceptors (Lipinski definition) is 2. The van der Waals surface area contributed by atoms with Crippen LogP contribution in [-0.2, 0) is 4.79 Å². The number of fused-ring (bicyclic) bond motifs is 7. The molecule has 2 heteroatoms. The molecule has 5 saturated carbocycles. The first kappa shape index (κ1) is 23.4. The maximum absolute atomic E-state index is 12.9. The predicted molar refractivity (Wildman–Crippen MR) is 131 cm³/mol. The largest absolute Gasteiger partial charge is 0.390 e. The van der Waals surface area contributed by atoms with Crippen LogP contribution in [0, 0.1) is 56.7 Å². The van der Waals surface area contributed by atoms with Gasteiger partial charge < -0.3 is 5.11 Å². The summed E-state index contributed by atoms with van der Waals surface area (Å²) in [7, 11) is 0. The smallest absolute Gasteiger partial charge is 0.138 e. The summed E-state index contributed by atoms with van der Waals surface area (Å²) in [5.74, 6) is 3.83. The normalized spacial score (nSPS) is 54.9. The van der Waals surface area contributed by atoms with Gasteiger partial charge in [0, 0.05) is 11.8 Å². The quantitative estimate of drug-likeness (QED) is 0.458. The van der Waals surface area contributed by atoms with E-state index in [-0.39, 0.29) is 10.8 Å². The molecule has 0 aromatic carbocycles. The molecule has 5 aliphatic carbocycles. The van der Waals surface area contributed by atoms with Crippen LogP contribution in [0.3, 0.4) is 0 Å². The van der Waals surface area contributed by atoms with Crippen molar-refractivity contribution in [1.82, 2.24) is 0 Å². The number of carbonyl (C=O) groups excluding carboxylic acids is 1. The van der Waals surface area contributed by atoms with E-state index in [1.54, 1.807) is 0 Å². The van der Waals surface area contributed by atoms with Crippen molar-refractivity contribution in [3.05, 3.63) is 0 Å². The Morgan fingerprint density at radius 3 is 2.03 bits per heavy atom. The van der Waals surface area contributed by atoms with Gasteiger partial charge in [0.15, 0.2) is 0 Å². The zero-order chi connectivity index (χ0) is 23.5. The summed E-state index contributed by atoms with van der Waals surface area (Å²) < 4.78 is 0. The van der Waals surface area contributed by atoms with E-state index in [1.165, 1.54) is 51.4 Å². The molecule has 32 heavy (non-hydrogen) atoms. The summed E-state index contributed by atoms with van der Waals surface area (Å²) >= 11 is 0. The second kappa shape index (κ2) is 6.64. The molecule has 5 fully saturated rings. The van der Waals surface area contributed by atoms with Crippen LogP contribution in [0.1, 0.15) is 120 Å². The molecule has 0 amide bonds. The first-order valence-electron chi connectivity index (χ1n) is 13.9. The van der Waals surface area contributed by atoms with Crippen molar-refractivity contribution in [3.8, 4) is 0 Å². The molecule has 0 unspecified atom stereocenters. The van der Waals surface area contributed by atoms with E-state index in [0.717, 1.165) is 30.6 Å². The molecule has 0 heterocycles. The molecule has 9 atom stereocenters. The van der Waals surface area contributed by atoms with Crippen LogP contribution in [0.4, 0.5) is 0 Å². The van der Waals surface area contributed by atoms with Crippen LogP contribution in [0.25, 0.3) is 0 Å². The molecular weight excluding hydrogens is 392 g/mol. The molecule has 0 aromatic rings.